The Hall–Kier alpha value is -2.93. The molecule has 2 aromatic carbocycles. The number of benzene rings is 2. The molecule has 27 heavy (non-hydrogen) atoms. The average molecular weight is 380 g/mol. The fraction of sp³-hybridized carbons (Fsp3) is 0.200. The SMILES string of the molecule is O=C(CC[C@H]1NC(=O)[C@@H]1N1C(=O)c2ccccc2C1=O)Sc1ccccc1. The normalized spacial score (nSPS) is 20.9. The monoisotopic (exact) mass is 380 g/mol. The van der Waals surface area contributed by atoms with E-state index < -0.39 is 23.9 Å². The molecular weight excluding hydrogens is 364 g/mol. The van der Waals surface area contributed by atoms with Gasteiger partial charge in [0.2, 0.25) is 5.91 Å². The van der Waals surface area contributed by atoms with Crippen LogP contribution in [0.1, 0.15) is 33.6 Å². The Bertz CT molecular complexity index is 909. The highest BCUT2D eigenvalue weighted by atomic mass is 32.2. The van der Waals surface area contributed by atoms with Gasteiger partial charge in [-0.2, -0.15) is 0 Å². The molecule has 0 aliphatic carbocycles. The molecule has 2 aromatic rings. The first-order chi connectivity index (χ1) is 13.1. The highest BCUT2D eigenvalue weighted by Crippen LogP contribution is 2.30. The van der Waals surface area contributed by atoms with Crippen molar-refractivity contribution in [3.05, 3.63) is 65.7 Å². The molecule has 7 heteroatoms. The molecule has 0 unspecified atom stereocenters. The molecule has 2 atom stereocenters. The van der Waals surface area contributed by atoms with Gasteiger partial charge >= 0.3 is 0 Å². The van der Waals surface area contributed by atoms with Crippen LogP contribution in [-0.2, 0) is 9.59 Å². The molecule has 0 bridgehead atoms. The predicted molar refractivity (Wildman–Crippen MR) is 99.2 cm³/mol. The van der Waals surface area contributed by atoms with Crippen molar-refractivity contribution in [3.63, 3.8) is 0 Å². The number of thioether (sulfide) groups is 1. The summed E-state index contributed by atoms with van der Waals surface area (Å²) in [6.45, 7) is 0. The van der Waals surface area contributed by atoms with Gasteiger partial charge in [-0.25, -0.2) is 0 Å². The van der Waals surface area contributed by atoms with E-state index in [1.165, 1.54) is 0 Å². The highest BCUT2D eigenvalue weighted by Gasteiger charge is 2.51. The minimum Gasteiger partial charge on any atom is -0.349 e. The third-order valence-electron chi connectivity index (χ3n) is 4.72. The summed E-state index contributed by atoms with van der Waals surface area (Å²) in [6, 6.07) is 14.6. The number of imide groups is 1. The van der Waals surface area contributed by atoms with E-state index in [0.717, 1.165) is 21.6 Å². The number of nitrogens with zero attached hydrogens (tertiary/aromatic N) is 1. The summed E-state index contributed by atoms with van der Waals surface area (Å²) >= 11 is 1.15. The lowest BCUT2D eigenvalue weighted by Gasteiger charge is -2.41. The molecule has 6 nitrogen and oxygen atoms in total. The van der Waals surface area contributed by atoms with E-state index in [2.05, 4.69) is 5.32 Å². The third-order valence-corrected chi connectivity index (χ3v) is 5.66. The lowest BCUT2D eigenvalue weighted by molar-refractivity contribution is -0.135. The van der Waals surface area contributed by atoms with Gasteiger partial charge in [0.1, 0.15) is 6.04 Å². The van der Waals surface area contributed by atoms with E-state index in [-0.39, 0.29) is 17.4 Å². The van der Waals surface area contributed by atoms with Gasteiger partial charge < -0.3 is 5.32 Å². The van der Waals surface area contributed by atoms with Crippen LogP contribution in [0.3, 0.4) is 0 Å². The quantitative estimate of drug-likeness (QED) is 0.489. The van der Waals surface area contributed by atoms with Crippen LogP contribution in [0.15, 0.2) is 59.5 Å². The van der Waals surface area contributed by atoms with Crippen LogP contribution < -0.4 is 5.32 Å². The molecule has 136 valence electrons. The second-order valence-corrected chi connectivity index (χ2v) is 7.54. The Morgan fingerprint density at radius 3 is 2.11 bits per heavy atom. The predicted octanol–water partition coefficient (Wildman–Crippen LogP) is 2.25. The topological polar surface area (TPSA) is 83.6 Å². The molecule has 1 saturated heterocycles. The molecule has 2 aliphatic heterocycles. The number of hydrogen-bond acceptors (Lipinski definition) is 5. The fourth-order valence-electron chi connectivity index (χ4n) is 3.37. The van der Waals surface area contributed by atoms with Crippen molar-refractivity contribution in [3.8, 4) is 0 Å². The molecule has 1 fully saturated rings. The Morgan fingerprint density at radius 2 is 1.52 bits per heavy atom. The molecule has 4 rings (SSSR count). The number of rotatable bonds is 5. The average Bonchev–Trinajstić information content (AvgIpc) is 2.91. The van der Waals surface area contributed by atoms with Crippen molar-refractivity contribution in [1.82, 2.24) is 10.2 Å². The molecule has 1 N–H and O–H groups in total. The Morgan fingerprint density at radius 1 is 0.926 bits per heavy atom. The molecule has 0 spiro atoms. The first kappa shape index (κ1) is 17.5. The van der Waals surface area contributed by atoms with E-state index >= 15 is 0 Å². The maximum atomic E-state index is 12.6. The molecule has 0 saturated carbocycles. The summed E-state index contributed by atoms with van der Waals surface area (Å²) < 4.78 is 0. The number of carbonyl (C=O) groups excluding carboxylic acids is 4. The van der Waals surface area contributed by atoms with Gasteiger partial charge in [0.25, 0.3) is 11.8 Å². The summed E-state index contributed by atoms with van der Waals surface area (Å²) in [5.74, 6) is -1.27. The van der Waals surface area contributed by atoms with E-state index in [0.29, 0.717) is 17.5 Å². The summed E-state index contributed by atoms with van der Waals surface area (Å²) in [6.07, 6.45) is 0.618. The van der Waals surface area contributed by atoms with Gasteiger partial charge in [-0.3, -0.25) is 24.1 Å². The maximum absolute atomic E-state index is 12.6. The van der Waals surface area contributed by atoms with Crippen molar-refractivity contribution in [2.24, 2.45) is 0 Å². The van der Waals surface area contributed by atoms with Crippen LogP contribution >= 0.6 is 11.8 Å². The van der Waals surface area contributed by atoms with Crippen molar-refractivity contribution in [1.29, 1.82) is 0 Å². The Kier molecular flexibility index (Phi) is 4.53. The number of hydrogen-bond donors (Lipinski definition) is 1. The summed E-state index contributed by atoms with van der Waals surface area (Å²) in [7, 11) is 0. The van der Waals surface area contributed by atoms with Crippen molar-refractivity contribution in [2.45, 2.75) is 29.8 Å². The van der Waals surface area contributed by atoms with Crippen LogP contribution in [0.5, 0.6) is 0 Å². The summed E-state index contributed by atoms with van der Waals surface area (Å²) in [5.41, 5.74) is 0.633. The van der Waals surface area contributed by atoms with E-state index in [9.17, 15) is 19.2 Å². The van der Waals surface area contributed by atoms with Crippen molar-refractivity contribution >= 4 is 34.6 Å². The van der Waals surface area contributed by atoms with Gasteiger partial charge in [0.05, 0.1) is 17.2 Å². The Balaban J connectivity index is 1.41. The summed E-state index contributed by atoms with van der Waals surface area (Å²) in [4.78, 5) is 51.3. The summed E-state index contributed by atoms with van der Waals surface area (Å²) in [5, 5.41) is 2.69. The van der Waals surface area contributed by atoms with Crippen LogP contribution in [-0.4, -0.2) is 39.8 Å². The zero-order chi connectivity index (χ0) is 19.0. The van der Waals surface area contributed by atoms with Gasteiger partial charge in [-0.15, -0.1) is 0 Å². The number of fused-ring (bicyclic) bond motifs is 1. The first-order valence-electron chi connectivity index (χ1n) is 8.59. The minimum absolute atomic E-state index is 0.0246. The van der Waals surface area contributed by atoms with Gasteiger partial charge in [-0.05, 0) is 30.7 Å². The van der Waals surface area contributed by atoms with E-state index in [1.54, 1.807) is 24.3 Å². The number of carbonyl (C=O) groups is 4. The van der Waals surface area contributed by atoms with Crippen LogP contribution in [0.25, 0.3) is 0 Å². The standard InChI is InChI=1S/C20H16N2O4S/c23-16(27-12-6-2-1-3-7-12)11-10-15-17(18(24)21-15)22-19(25)13-8-4-5-9-14(13)20(22)26/h1-9,15,17H,10-11H2,(H,21,24)/t15-,17-/m1/s1. The molecule has 0 radical (unpaired) electrons. The minimum atomic E-state index is -0.855. The number of amides is 3. The van der Waals surface area contributed by atoms with Gasteiger partial charge in [0, 0.05) is 11.3 Å². The molecule has 2 aliphatic rings. The Labute approximate surface area is 159 Å². The lowest BCUT2D eigenvalue weighted by atomic mass is 9.93. The highest BCUT2D eigenvalue weighted by molar-refractivity contribution is 8.13. The second-order valence-electron chi connectivity index (χ2n) is 6.41. The first-order valence-corrected chi connectivity index (χ1v) is 9.41. The van der Waals surface area contributed by atoms with E-state index in [4.69, 9.17) is 0 Å². The molecule has 0 aromatic heterocycles. The number of nitrogens with one attached hydrogen (secondary N) is 1. The van der Waals surface area contributed by atoms with Crippen LogP contribution in [0.2, 0.25) is 0 Å². The zero-order valence-corrected chi connectivity index (χ0v) is 15.1. The van der Waals surface area contributed by atoms with Crippen LogP contribution in [0.4, 0.5) is 0 Å². The second kappa shape index (κ2) is 7.00. The maximum Gasteiger partial charge on any atom is 0.262 e. The van der Waals surface area contributed by atoms with E-state index in [1.807, 2.05) is 30.3 Å². The molecule has 2 heterocycles. The number of β-lactam (4-membered cyclic amide) rings is 1. The largest absolute Gasteiger partial charge is 0.349 e. The van der Waals surface area contributed by atoms with Crippen molar-refractivity contribution < 1.29 is 19.2 Å². The van der Waals surface area contributed by atoms with Gasteiger partial charge in [0.15, 0.2) is 5.12 Å². The van der Waals surface area contributed by atoms with Crippen molar-refractivity contribution in [2.75, 3.05) is 0 Å². The lowest BCUT2D eigenvalue weighted by Crippen LogP contribution is -2.70. The fourth-order valence-corrected chi connectivity index (χ4v) is 4.14. The smallest absolute Gasteiger partial charge is 0.262 e. The van der Waals surface area contributed by atoms with Gasteiger partial charge in [-0.1, -0.05) is 42.1 Å². The molecule has 3 amide bonds. The molecular formula is C20H16N2O4S. The zero-order valence-electron chi connectivity index (χ0n) is 14.3. The third kappa shape index (κ3) is 3.14. The van der Waals surface area contributed by atoms with Crippen LogP contribution in [0, 0.1) is 0 Å².